The van der Waals surface area contributed by atoms with Gasteiger partial charge in [0.2, 0.25) is 0 Å². The Balaban J connectivity index is 1.69. The van der Waals surface area contributed by atoms with E-state index in [1.165, 1.54) is 18.1 Å². The van der Waals surface area contributed by atoms with Crippen molar-refractivity contribution in [1.29, 1.82) is 0 Å². The number of anilines is 1. The predicted molar refractivity (Wildman–Crippen MR) is 120 cm³/mol. The summed E-state index contributed by atoms with van der Waals surface area (Å²) >= 11 is 1.50. The van der Waals surface area contributed by atoms with Crippen molar-refractivity contribution in [3.63, 3.8) is 0 Å². The molecule has 8 heteroatoms. The first-order chi connectivity index (χ1) is 14.4. The first-order valence-corrected chi connectivity index (χ1v) is 10.5. The van der Waals surface area contributed by atoms with Crippen molar-refractivity contribution in [2.45, 2.75) is 37.4 Å². The molecule has 3 N–H and O–H groups in total. The maximum atomic E-state index is 6.06. The SMILES string of the molecule is C#Cc1cc2occc2cc1Sc1nc2c(N)ncnc2n1CCNCC(C)(C)C. The van der Waals surface area contributed by atoms with Gasteiger partial charge in [0.25, 0.3) is 0 Å². The number of nitrogen functional groups attached to an aromatic ring is 1. The van der Waals surface area contributed by atoms with Crippen LogP contribution in [0.4, 0.5) is 5.82 Å². The number of benzene rings is 1. The van der Waals surface area contributed by atoms with Gasteiger partial charge in [0, 0.05) is 35.5 Å². The second kappa shape index (κ2) is 8.01. The van der Waals surface area contributed by atoms with Crippen molar-refractivity contribution in [1.82, 2.24) is 24.8 Å². The molecular weight excluding hydrogens is 396 g/mol. The average Bonchev–Trinajstić information content (AvgIpc) is 3.29. The number of furan rings is 1. The Morgan fingerprint density at radius 3 is 2.90 bits per heavy atom. The van der Waals surface area contributed by atoms with Crippen LogP contribution < -0.4 is 11.1 Å². The van der Waals surface area contributed by atoms with Crippen LogP contribution in [0.1, 0.15) is 26.3 Å². The van der Waals surface area contributed by atoms with Gasteiger partial charge in [0.05, 0.1) is 6.26 Å². The molecule has 0 bridgehead atoms. The highest BCUT2D eigenvalue weighted by atomic mass is 32.2. The molecule has 0 aliphatic rings. The zero-order valence-corrected chi connectivity index (χ0v) is 18.1. The number of hydrogen-bond acceptors (Lipinski definition) is 7. The molecule has 0 saturated carbocycles. The molecule has 0 unspecified atom stereocenters. The number of nitrogens with two attached hydrogens (primary N) is 1. The molecule has 3 heterocycles. The standard InChI is InChI=1S/C22H24N6OS/c1-5-14-10-16-15(6-9-29-16)11-17(14)30-21-27-18-19(23)25-13-26-20(18)28(21)8-7-24-12-22(2,3)4/h1,6,9-11,13,24H,7-8,12H2,2-4H3,(H2,23,25,26). The molecule has 4 rings (SSSR count). The average molecular weight is 421 g/mol. The van der Waals surface area contributed by atoms with Crippen LogP contribution in [-0.2, 0) is 6.54 Å². The second-order valence-corrected chi connectivity index (χ2v) is 9.28. The Labute approximate surface area is 179 Å². The summed E-state index contributed by atoms with van der Waals surface area (Å²) in [5.41, 5.74) is 9.11. The number of imidazole rings is 1. The monoisotopic (exact) mass is 420 g/mol. The van der Waals surface area contributed by atoms with Crippen LogP contribution in [0.25, 0.3) is 22.1 Å². The zero-order chi connectivity index (χ0) is 21.3. The largest absolute Gasteiger partial charge is 0.464 e. The number of fused-ring (bicyclic) bond motifs is 2. The van der Waals surface area contributed by atoms with Gasteiger partial charge in [-0.3, -0.25) is 0 Å². The van der Waals surface area contributed by atoms with Crippen LogP contribution in [-0.4, -0.2) is 32.6 Å². The minimum absolute atomic E-state index is 0.211. The van der Waals surface area contributed by atoms with E-state index in [-0.39, 0.29) is 5.41 Å². The van der Waals surface area contributed by atoms with E-state index in [4.69, 9.17) is 21.6 Å². The highest BCUT2D eigenvalue weighted by molar-refractivity contribution is 7.99. The van der Waals surface area contributed by atoms with E-state index in [0.29, 0.717) is 23.5 Å². The number of terminal acetylenes is 1. The summed E-state index contributed by atoms with van der Waals surface area (Å²) in [6, 6.07) is 5.82. The van der Waals surface area contributed by atoms with Crippen LogP contribution in [0.15, 0.2) is 45.3 Å². The Morgan fingerprint density at radius 1 is 1.30 bits per heavy atom. The molecule has 30 heavy (non-hydrogen) atoms. The van der Waals surface area contributed by atoms with Gasteiger partial charge >= 0.3 is 0 Å². The topological polar surface area (TPSA) is 94.8 Å². The van der Waals surface area contributed by atoms with Gasteiger partial charge in [-0.1, -0.05) is 38.5 Å². The highest BCUT2D eigenvalue weighted by Crippen LogP contribution is 2.35. The molecular formula is C22H24N6OS. The van der Waals surface area contributed by atoms with Crippen molar-refractivity contribution >= 4 is 39.7 Å². The van der Waals surface area contributed by atoms with Gasteiger partial charge < -0.3 is 20.0 Å². The Bertz CT molecular complexity index is 1240. The smallest absolute Gasteiger partial charge is 0.175 e. The third kappa shape index (κ3) is 4.13. The van der Waals surface area contributed by atoms with Crippen molar-refractivity contribution in [2.24, 2.45) is 5.41 Å². The molecule has 0 radical (unpaired) electrons. The number of aromatic nitrogens is 4. The normalized spacial score (nSPS) is 11.9. The Kier molecular flexibility index (Phi) is 5.41. The van der Waals surface area contributed by atoms with Crippen LogP contribution >= 0.6 is 11.8 Å². The molecule has 0 spiro atoms. The van der Waals surface area contributed by atoms with Gasteiger partial charge in [0.15, 0.2) is 22.1 Å². The quantitative estimate of drug-likeness (QED) is 0.360. The molecule has 0 atom stereocenters. The molecule has 0 saturated heterocycles. The molecule has 0 aliphatic carbocycles. The van der Waals surface area contributed by atoms with Gasteiger partial charge in [-0.2, -0.15) is 0 Å². The van der Waals surface area contributed by atoms with Crippen molar-refractivity contribution in [3.05, 3.63) is 36.4 Å². The van der Waals surface area contributed by atoms with E-state index in [1.807, 2.05) is 18.2 Å². The summed E-state index contributed by atoms with van der Waals surface area (Å²) in [5.74, 6) is 3.11. The van der Waals surface area contributed by atoms with Gasteiger partial charge in [-0.05, 0) is 23.6 Å². The maximum absolute atomic E-state index is 6.06. The summed E-state index contributed by atoms with van der Waals surface area (Å²) < 4.78 is 7.54. The number of hydrogen-bond donors (Lipinski definition) is 2. The van der Waals surface area contributed by atoms with Crippen LogP contribution in [0.3, 0.4) is 0 Å². The fraction of sp³-hybridized carbons (Fsp3) is 0.318. The summed E-state index contributed by atoms with van der Waals surface area (Å²) in [7, 11) is 0. The lowest BCUT2D eigenvalue weighted by molar-refractivity contribution is 0.375. The van der Waals surface area contributed by atoms with Crippen LogP contribution in [0.2, 0.25) is 0 Å². The molecule has 1 aromatic carbocycles. The lowest BCUT2D eigenvalue weighted by atomic mass is 9.97. The summed E-state index contributed by atoms with van der Waals surface area (Å²) in [6.07, 6.45) is 8.88. The Morgan fingerprint density at radius 2 is 2.13 bits per heavy atom. The molecule has 4 aromatic rings. The van der Waals surface area contributed by atoms with Gasteiger partial charge in [-0.25, -0.2) is 15.0 Å². The lowest BCUT2D eigenvalue weighted by Gasteiger charge is -2.19. The summed E-state index contributed by atoms with van der Waals surface area (Å²) in [6.45, 7) is 9.00. The number of nitrogens with one attached hydrogen (secondary N) is 1. The molecule has 0 amide bonds. The van der Waals surface area contributed by atoms with E-state index in [2.05, 4.69) is 46.5 Å². The van der Waals surface area contributed by atoms with E-state index < -0.39 is 0 Å². The third-order valence-corrected chi connectivity index (χ3v) is 5.66. The fourth-order valence-corrected chi connectivity index (χ4v) is 4.19. The van der Waals surface area contributed by atoms with Crippen molar-refractivity contribution < 1.29 is 4.42 Å². The lowest BCUT2D eigenvalue weighted by Crippen LogP contribution is -2.29. The highest BCUT2D eigenvalue weighted by Gasteiger charge is 2.18. The van der Waals surface area contributed by atoms with Gasteiger partial charge in [-0.15, -0.1) is 6.42 Å². The Hall–Kier alpha value is -3.02. The molecule has 0 fully saturated rings. The van der Waals surface area contributed by atoms with E-state index in [1.54, 1.807) is 6.26 Å². The first kappa shape index (κ1) is 20.3. The van der Waals surface area contributed by atoms with Crippen molar-refractivity contribution in [3.8, 4) is 12.3 Å². The molecule has 3 aromatic heterocycles. The zero-order valence-electron chi connectivity index (χ0n) is 17.3. The molecule has 0 aliphatic heterocycles. The molecule has 154 valence electrons. The number of nitrogens with zero attached hydrogens (tertiary/aromatic N) is 4. The van der Waals surface area contributed by atoms with E-state index in [0.717, 1.165) is 39.7 Å². The maximum Gasteiger partial charge on any atom is 0.175 e. The minimum atomic E-state index is 0.211. The number of rotatable bonds is 6. The second-order valence-electron chi connectivity index (χ2n) is 8.27. The van der Waals surface area contributed by atoms with Gasteiger partial charge in [0.1, 0.15) is 11.9 Å². The van der Waals surface area contributed by atoms with Crippen LogP contribution in [0.5, 0.6) is 0 Å². The predicted octanol–water partition coefficient (Wildman–Crippen LogP) is 3.92. The van der Waals surface area contributed by atoms with Crippen LogP contribution in [0, 0.1) is 17.8 Å². The summed E-state index contributed by atoms with van der Waals surface area (Å²) in [4.78, 5) is 14.2. The van der Waals surface area contributed by atoms with E-state index in [9.17, 15) is 0 Å². The minimum Gasteiger partial charge on any atom is -0.464 e. The van der Waals surface area contributed by atoms with Crippen molar-refractivity contribution in [2.75, 3.05) is 18.8 Å². The molecule has 7 nitrogen and oxygen atoms in total. The fourth-order valence-electron chi connectivity index (χ4n) is 3.15. The summed E-state index contributed by atoms with van der Waals surface area (Å²) in [5, 5.41) is 5.26. The third-order valence-electron chi connectivity index (χ3n) is 4.60. The van der Waals surface area contributed by atoms with E-state index >= 15 is 0 Å². The first-order valence-electron chi connectivity index (χ1n) is 9.69.